The van der Waals surface area contributed by atoms with Crippen molar-refractivity contribution in [2.45, 2.75) is 45.2 Å². The van der Waals surface area contributed by atoms with Crippen LogP contribution in [-0.4, -0.2) is 35.3 Å². The number of carbonyl (C=O) groups is 2. The third-order valence-electron chi connectivity index (χ3n) is 4.48. The van der Waals surface area contributed by atoms with Crippen molar-refractivity contribution in [2.75, 3.05) is 11.4 Å². The van der Waals surface area contributed by atoms with Gasteiger partial charge in [-0.25, -0.2) is 4.39 Å². The van der Waals surface area contributed by atoms with Gasteiger partial charge in [0.15, 0.2) is 0 Å². The van der Waals surface area contributed by atoms with Gasteiger partial charge < -0.3 is 4.90 Å². The van der Waals surface area contributed by atoms with E-state index < -0.39 is 6.04 Å². The van der Waals surface area contributed by atoms with Crippen LogP contribution in [0.2, 0.25) is 0 Å². The van der Waals surface area contributed by atoms with E-state index in [2.05, 4.69) is 0 Å². The molecule has 0 N–H and O–H groups in total. The number of nitrogens with zero attached hydrogens (tertiary/aromatic N) is 2. The Bertz CT molecular complexity index is 602. The zero-order valence-corrected chi connectivity index (χ0v) is 12.3. The quantitative estimate of drug-likeness (QED) is 0.838. The van der Waals surface area contributed by atoms with E-state index in [4.69, 9.17) is 0 Å². The maximum Gasteiger partial charge on any atom is 0.250 e. The molecule has 0 aromatic heterocycles. The second-order valence-corrected chi connectivity index (χ2v) is 5.76. The fourth-order valence-electron chi connectivity index (χ4n) is 3.30. The van der Waals surface area contributed by atoms with Gasteiger partial charge in [-0.3, -0.25) is 14.5 Å². The average molecular weight is 290 g/mol. The minimum atomic E-state index is -0.519. The van der Waals surface area contributed by atoms with Crippen molar-refractivity contribution in [1.82, 2.24) is 4.90 Å². The first-order valence-electron chi connectivity index (χ1n) is 7.44. The van der Waals surface area contributed by atoms with Gasteiger partial charge in [0.25, 0.3) is 5.91 Å². The largest absolute Gasteiger partial charge is 0.329 e. The first-order valence-corrected chi connectivity index (χ1v) is 7.44. The highest BCUT2D eigenvalue weighted by Gasteiger charge is 2.47. The molecule has 1 aromatic rings. The number of benzene rings is 1. The zero-order chi connectivity index (χ0) is 15.1. The predicted molar refractivity (Wildman–Crippen MR) is 77.4 cm³/mol. The minimum Gasteiger partial charge on any atom is -0.329 e. The summed E-state index contributed by atoms with van der Waals surface area (Å²) < 4.78 is 13.8. The van der Waals surface area contributed by atoms with Crippen molar-refractivity contribution in [3.63, 3.8) is 0 Å². The summed E-state index contributed by atoms with van der Waals surface area (Å²) in [4.78, 5) is 28.5. The topological polar surface area (TPSA) is 40.6 Å². The Morgan fingerprint density at radius 3 is 2.71 bits per heavy atom. The summed E-state index contributed by atoms with van der Waals surface area (Å²) in [5.41, 5.74) is 1.01. The average Bonchev–Trinajstić information content (AvgIpc) is 2.95. The molecule has 0 bridgehead atoms. The van der Waals surface area contributed by atoms with Crippen molar-refractivity contribution in [2.24, 2.45) is 0 Å². The fourth-order valence-corrected chi connectivity index (χ4v) is 3.30. The number of rotatable bonds is 2. The van der Waals surface area contributed by atoms with E-state index in [0.29, 0.717) is 30.6 Å². The molecule has 112 valence electrons. The summed E-state index contributed by atoms with van der Waals surface area (Å²) in [6.45, 7) is 4.21. The Hall–Kier alpha value is -1.91. The van der Waals surface area contributed by atoms with Gasteiger partial charge in [0, 0.05) is 12.2 Å². The van der Waals surface area contributed by atoms with E-state index in [0.717, 1.165) is 6.42 Å². The highest BCUT2D eigenvalue weighted by atomic mass is 19.1. The van der Waals surface area contributed by atoms with Gasteiger partial charge in [-0.15, -0.1) is 0 Å². The Balaban J connectivity index is 2.03. The smallest absolute Gasteiger partial charge is 0.250 e. The normalized spacial score (nSPS) is 25.5. The number of carbonyl (C=O) groups excluding carboxylic acids is 2. The number of hydrogen-bond donors (Lipinski definition) is 0. The summed E-state index contributed by atoms with van der Waals surface area (Å²) >= 11 is 0. The summed E-state index contributed by atoms with van der Waals surface area (Å²) in [5.74, 6) is -0.445. The molecule has 2 saturated heterocycles. The van der Waals surface area contributed by atoms with E-state index >= 15 is 0 Å². The van der Waals surface area contributed by atoms with Crippen LogP contribution in [0, 0.1) is 12.7 Å². The van der Waals surface area contributed by atoms with Gasteiger partial charge in [-0.1, -0.05) is 13.0 Å². The van der Waals surface area contributed by atoms with Crippen molar-refractivity contribution >= 4 is 17.5 Å². The minimum absolute atomic E-state index is 0.0133. The van der Waals surface area contributed by atoms with Gasteiger partial charge in [0.05, 0.1) is 0 Å². The predicted octanol–water partition coefficient (Wildman–Crippen LogP) is 2.25. The SMILES string of the molecule is CCC1C(=O)N2CCCC2C(=O)N1c1ccc(C)c(F)c1. The summed E-state index contributed by atoms with van der Waals surface area (Å²) in [6, 6.07) is 3.83. The third kappa shape index (κ3) is 2.11. The number of halogens is 1. The van der Waals surface area contributed by atoms with E-state index in [1.165, 1.54) is 11.0 Å². The first-order chi connectivity index (χ1) is 10.0. The lowest BCUT2D eigenvalue weighted by molar-refractivity contribution is -0.144. The van der Waals surface area contributed by atoms with Crippen LogP contribution in [0.1, 0.15) is 31.7 Å². The Morgan fingerprint density at radius 2 is 2.05 bits per heavy atom. The molecule has 0 saturated carbocycles. The molecule has 2 atom stereocenters. The standard InChI is InChI=1S/C16H19FN2O2/c1-3-13-15(20)18-8-4-5-14(18)16(21)19(13)11-7-6-10(2)12(17)9-11/h6-7,9,13-14H,3-5,8H2,1-2H3. The molecule has 2 aliphatic heterocycles. The molecule has 2 fully saturated rings. The van der Waals surface area contributed by atoms with E-state index in [1.54, 1.807) is 24.0 Å². The molecular weight excluding hydrogens is 271 g/mol. The van der Waals surface area contributed by atoms with E-state index in [9.17, 15) is 14.0 Å². The van der Waals surface area contributed by atoms with Gasteiger partial charge >= 0.3 is 0 Å². The zero-order valence-electron chi connectivity index (χ0n) is 12.3. The molecule has 0 radical (unpaired) electrons. The van der Waals surface area contributed by atoms with E-state index in [1.807, 2.05) is 6.92 Å². The molecule has 21 heavy (non-hydrogen) atoms. The monoisotopic (exact) mass is 290 g/mol. The Kier molecular flexibility index (Phi) is 3.43. The van der Waals surface area contributed by atoms with Crippen molar-refractivity contribution in [3.05, 3.63) is 29.6 Å². The second-order valence-electron chi connectivity index (χ2n) is 5.76. The van der Waals surface area contributed by atoms with Gasteiger partial charge in [0.1, 0.15) is 17.9 Å². The summed E-state index contributed by atoms with van der Waals surface area (Å²) in [6.07, 6.45) is 2.09. The van der Waals surface area contributed by atoms with Crippen LogP contribution in [0.25, 0.3) is 0 Å². The number of anilines is 1. The van der Waals surface area contributed by atoms with Crippen LogP contribution >= 0.6 is 0 Å². The Morgan fingerprint density at radius 1 is 1.29 bits per heavy atom. The molecule has 1 aromatic carbocycles. The van der Waals surface area contributed by atoms with Crippen molar-refractivity contribution in [3.8, 4) is 0 Å². The third-order valence-corrected chi connectivity index (χ3v) is 4.48. The molecule has 2 aliphatic rings. The maximum atomic E-state index is 13.8. The maximum absolute atomic E-state index is 13.8. The lowest BCUT2D eigenvalue weighted by atomic mass is 10.0. The Labute approximate surface area is 123 Å². The molecule has 0 aliphatic carbocycles. The van der Waals surface area contributed by atoms with Crippen molar-refractivity contribution < 1.29 is 14.0 Å². The van der Waals surface area contributed by atoms with Crippen molar-refractivity contribution in [1.29, 1.82) is 0 Å². The number of hydrogen-bond acceptors (Lipinski definition) is 2. The van der Waals surface area contributed by atoms with Crippen LogP contribution < -0.4 is 4.90 Å². The molecule has 4 nitrogen and oxygen atoms in total. The molecule has 3 rings (SSSR count). The molecule has 2 amide bonds. The van der Waals surface area contributed by atoms with Gasteiger partial charge in [0.2, 0.25) is 5.91 Å². The number of fused-ring (bicyclic) bond motifs is 1. The van der Waals surface area contributed by atoms with E-state index in [-0.39, 0.29) is 23.7 Å². The molecule has 0 spiro atoms. The molecule has 2 heterocycles. The number of piperazine rings is 1. The number of amides is 2. The van der Waals surface area contributed by atoms with Gasteiger partial charge in [-0.05, 0) is 43.9 Å². The van der Waals surface area contributed by atoms with Crippen LogP contribution in [-0.2, 0) is 9.59 Å². The summed E-state index contributed by atoms with van der Waals surface area (Å²) in [7, 11) is 0. The second kappa shape index (κ2) is 5.13. The lowest BCUT2D eigenvalue weighted by Crippen LogP contribution is -2.63. The number of aryl methyl sites for hydroxylation is 1. The first kappa shape index (κ1) is 14.0. The van der Waals surface area contributed by atoms with Crippen LogP contribution in [0.3, 0.4) is 0 Å². The molecule has 2 unspecified atom stereocenters. The fraction of sp³-hybridized carbons (Fsp3) is 0.500. The summed E-state index contributed by atoms with van der Waals surface area (Å²) in [5, 5.41) is 0. The highest BCUT2D eigenvalue weighted by Crippen LogP contribution is 2.32. The van der Waals surface area contributed by atoms with Crippen LogP contribution in [0.5, 0.6) is 0 Å². The highest BCUT2D eigenvalue weighted by molar-refractivity contribution is 6.08. The van der Waals surface area contributed by atoms with Gasteiger partial charge in [-0.2, -0.15) is 0 Å². The molecule has 5 heteroatoms. The molecular formula is C16H19FN2O2. The van der Waals surface area contributed by atoms with Crippen LogP contribution in [0.4, 0.5) is 10.1 Å². The lowest BCUT2D eigenvalue weighted by Gasteiger charge is -2.42. The van der Waals surface area contributed by atoms with Crippen LogP contribution in [0.15, 0.2) is 18.2 Å².